The third-order valence-corrected chi connectivity index (χ3v) is 9.80. The molecule has 2 saturated heterocycles. The Morgan fingerprint density at radius 1 is 1.10 bits per heavy atom. The lowest BCUT2D eigenvalue weighted by Gasteiger charge is -2.40. The number of amidine groups is 1. The zero-order valence-electron chi connectivity index (χ0n) is 16.6. The van der Waals surface area contributed by atoms with Crippen LogP contribution in [-0.4, -0.2) is 52.2 Å². The van der Waals surface area contributed by atoms with Gasteiger partial charge in [0.15, 0.2) is 5.60 Å². The number of ether oxygens (including phenoxy) is 3. The number of likely N-dealkylation sites (tertiary alicyclic amines) is 1. The lowest BCUT2D eigenvalue weighted by molar-refractivity contribution is -0.132. The highest BCUT2D eigenvalue weighted by molar-refractivity contribution is 14.1. The number of alkyl halides is 1. The van der Waals surface area contributed by atoms with Crippen molar-refractivity contribution in [3.05, 3.63) is 35.4 Å². The standard InChI is InChI=1S/C22H25IN2O4/c1-19-11-21(12-22(19,23)14-27-13-19)17(26)24-18(29-21)25-8-6-20(7-9-25)16-5-3-2-4-15(16)10-28-20/h2-5H,6-14H2,1H3/t19-,21?,22-/m0/s1. The average Bonchev–Trinajstić information content (AvgIpc) is 3.35. The monoisotopic (exact) mass is 508 g/mol. The van der Waals surface area contributed by atoms with Crippen LogP contribution >= 0.6 is 22.6 Å². The Kier molecular flexibility index (Phi) is 3.81. The molecule has 7 heteroatoms. The number of carbonyl (C=O) groups excluding carboxylic acids is 1. The molecule has 1 amide bonds. The van der Waals surface area contributed by atoms with Crippen molar-refractivity contribution >= 4 is 34.5 Å². The molecule has 4 heterocycles. The number of nitrogens with zero attached hydrogens (tertiary/aromatic N) is 2. The van der Waals surface area contributed by atoms with Gasteiger partial charge >= 0.3 is 0 Å². The Morgan fingerprint density at radius 2 is 1.90 bits per heavy atom. The molecule has 2 spiro atoms. The topological polar surface area (TPSA) is 60.4 Å². The summed E-state index contributed by atoms with van der Waals surface area (Å²) in [5.41, 5.74) is 1.58. The molecule has 1 saturated carbocycles. The van der Waals surface area contributed by atoms with E-state index < -0.39 is 5.60 Å². The fraction of sp³-hybridized carbons (Fsp3) is 0.636. The van der Waals surface area contributed by atoms with Gasteiger partial charge in [-0.15, -0.1) is 0 Å². The number of benzene rings is 1. The van der Waals surface area contributed by atoms with Gasteiger partial charge in [-0.2, -0.15) is 4.99 Å². The summed E-state index contributed by atoms with van der Waals surface area (Å²) < 4.78 is 18.3. The van der Waals surface area contributed by atoms with E-state index in [0.29, 0.717) is 38.7 Å². The van der Waals surface area contributed by atoms with Crippen molar-refractivity contribution in [1.82, 2.24) is 4.90 Å². The number of rotatable bonds is 0. The van der Waals surface area contributed by atoms with Crippen molar-refractivity contribution in [3.63, 3.8) is 0 Å². The van der Waals surface area contributed by atoms with Gasteiger partial charge in [-0.05, 0) is 24.0 Å². The van der Waals surface area contributed by atoms with Gasteiger partial charge in [0.05, 0.1) is 28.8 Å². The smallest absolute Gasteiger partial charge is 0.296 e. The van der Waals surface area contributed by atoms with Crippen molar-refractivity contribution in [1.29, 1.82) is 0 Å². The van der Waals surface area contributed by atoms with E-state index in [-0.39, 0.29) is 20.3 Å². The minimum Gasteiger partial charge on any atom is -0.448 e. The Balaban J connectivity index is 1.19. The minimum atomic E-state index is -0.805. The largest absolute Gasteiger partial charge is 0.448 e. The number of fused-ring (bicyclic) bond motifs is 3. The quantitative estimate of drug-likeness (QED) is 0.398. The molecular formula is C22H25IN2O4. The molecule has 3 atom stereocenters. The van der Waals surface area contributed by atoms with Crippen molar-refractivity contribution in [2.75, 3.05) is 26.3 Å². The van der Waals surface area contributed by atoms with E-state index >= 15 is 0 Å². The normalized spacial score (nSPS) is 39.7. The molecule has 0 bridgehead atoms. The van der Waals surface area contributed by atoms with Crippen LogP contribution in [0.25, 0.3) is 0 Å². The molecule has 0 aromatic heterocycles. The average molecular weight is 508 g/mol. The molecule has 3 fully saturated rings. The number of hydrogen-bond acceptors (Lipinski definition) is 5. The summed E-state index contributed by atoms with van der Waals surface area (Å²) >= 11 is 2.49. The molecule has 0 radical (unpaired) electrons. The van der Waals surface area contributed by atoms with Crippen LogP contribution in [-0.2, 0) is 31.2 Å². The van der Waals surface area contributed by atoms with Gasteiger partial charge in [0.2, 0.25) is 0 Å². The van der Waals surface area contributed by atoms with Crippen molar-refractivity contribution < 1.29 is 19.0 Å². The van der Waals surface area contributed by atoms with E-state index in [9.17, 15) is 4.79 Å². The first-order valence-corrected chi connectivity index (χ1v) is 11.5. The van der Waals surface area contributed by atoms with Crippen LogP contribution in [0, 0.1) is 5.41 Å². The summed E-state index contributed by atoms with van der Waals surface area (Å²) in [4.78, 5) is 19.5. The summed E-state index contributed by atoms with van der Waals surface area (Å²) in [7, 11) is 0. The summed E-state index contributed by atoms with van der Waals surface area (Å²) in [6.07, 6.45) is 3.13. The SMILES string of the molecule is C[C@]12COC[C@@]1(I)CC1(C2)OC(N2CCC3(CC2)OCc2ccccc23)=NC1=O. The van der Waals surface area contributed by atoms with E-state index in [4.69, 9.17) is 14.2 Å². The molecule has 0 N–H and O–H groups in total. The van der Waals surface area contributed by atoms with Gasteiger partial charge in [0, 0.05) is 31.3 Å². The molecule has 1 aromatic rings. The zero-order valence-corrected chi connectivity index (χ0v) is 18.7. The van der Waals surface area contributed by atoms with Gasteiger partial charge in [-0.1, -0.05) is 53.8 Å². The highest BCUT2D eigenvalue weighted by Crippen LogP contribution is 2.61. The second-order valence-electron chi connectivity index (χ2n) is 9.60. The van der Waals surface area contributed by atoms with Crippen molar-refractivity contribution in [3.8, 4) is 0 Å². The number of aliphatic imine (C=N–C) groups is 1. The highest BCUT2D eigenvalue weighted by atomic mass is 127. The van der Waals surface area contributed by atoms with Crippen LogP contribution in [0.1, 0.15) is 43.7 Å². The minimum absolute atomic E-state index is 0.0401. The van der Waals surface area contributed by atoms with E-state index in [2.05, 4.69) is 63.7 Å². The van der Waals surface area contributed by atoms with E-state index in [1.54, 1.807) is 0 Å². The van der Waals surface area contributed by atoms with Gasteiger partial charge in [-0.25, -0.2) is 0 Å². The van der Waals surface area contributed by atoms with E-state index in [1.165, 1.54) is 11.1 Å². The fourth-order valence-corrected chi connectivity index (χ4v) is 7.19. The van der Waals surface area contributed by atoms with Gasteiger partial charge in [0.25, 0.3) is 11.9 Å². The van der Waals surface area contributed by atoms with Crippen LogP contribution < -0.4 is 0 Å². The highest BCUT2D eigenvalue weighted by Gasteiger charge is 2.69. The third kappa shape index (κ3) is 2.47. The number of carbonyl (C=O) groups is 1. The number of amides is 1. The molecule has 4 aliphatic heterocycles. The van der Waals surface area contributed by atoms with Crippen LogP contribution in [0.2, 0.25) is 0 Å². The lowest BCUT2D eigenvalue weighted by Crippen LogP contribution is -2.47. The van der Waals surface area contributed by atoms with Gasteiger partial charge in [0.1, 0.15) is 0 Å². The van der Waals surface area contributed by atoms with Crippen molar-refractivity contribution in [2.45, 2.75) is 53.8 Å². The summed E-state index contributed by atoms with van der Waals surface area (Å²) in [5.74, 6) is -0.109. The maximum absolute atomic E-state index is 13.0. The molecule has 6 rings (SSSR count). The first kappa shape index (κ1) is 18.6. The molecule has 29 heavy (non-hydrogen) atoms. The van der Waals surface area contributed by atoms with Crippen molar-refractivity contribution in [2.24, 2.45) is 10.4 Å². The van der Waals surface area contributed by atoms with Crippen LogP contribution in [0.3, 0.4) is 0 Å². The summed E-state index contributed by atoms with van der Waals surface area (Å²) in [6, 6.07) is 9.03. The zero-order chi connectivity index (χ0) is 19.9. The number of hydrogen-bond donors (Lipinski definition) is 0. The first-order chi connectivity index (χ1) is 13.9. The maximum Gasteiger partial charge on any atom is 0.296 e. The van der Waals surface area contributed by atoms with Gasteiger partial charge in [-0.3, -0.25) is 4.79 Å². The third-order valence-electron chi connectivity index (χ3n) is 7.80. The Morgan fingerprint density at radius 3 is 2.69 bits per heavy atom. The molecule has 5 aliphatic rings. The molecule has 1 unspecified atom stereocenters. The Hall–Kier alpha value is -1.19. The first-order valence-electron chi connectivity index (χ1n) is 10.4. The van der Waals surface area contributed by atoms with Crippen LogP contribution in [0.15, 0.2) is 29.3 Å². The Bertz CT molecular complexity index is 907. The fourth-order valence-electron chi connectivity index (χ4n) is 6.01. The summed E-state index contributed by atoms with van der Waals surface area (Å²) in [5, 5.41) is 0. The molecule has 6 nitrogen and oxygen atoms in total. The molecular weight excluding hydrogens is 483 g/mol. The second kappa shape index (κ2) is 5.95. The van der Waals surface area contributed by atoms with Crippen LogP contribution in [0.5, 0.6) is 0 Å². The van der Waals surface area contributed by atoms with Gasteiger partial charge < -0.3 is 19.1 Å². The Labute approximate surface area is 184 Å². The number of piperidine rings is 1. The number of halogens is 1. The molecule has 154 valence electrons. The predicted molar refractivity (Wildman–Crippen MR) is 115 cm³/mol. The lowest BCUT2D eigenvalue weighted by atomic mass is 9.82. The van der Waals surface area contributed by atoms with Crippen LogP contribution in [0.4, 0.5) is 0 Å². The predicted octanol–water partition coefficient (Wildman–Crippen LogP) is 3.16. The second-order valence-corrected chi connectivity index (χ2v) is 11.7. The molecule has 1 aromatic carbocycles. The van der Waals surface area contributed by atoms with E-state index in [1.807, 2.05) is 0 Å². The molecule has 1 aliphatic carbocycles. The summed E-state index contributed by atoms with van der Waals surface area (Å²) in [6.45, 7) is 5.84. The van der Waals surface area contributed by atoms with E-state index in [0.717, 1.165) is 25.9 Å². The maximum atomic E-state index is 13.0.